The van der Waals surface area contributed by atoms with E-state index < -0.39 is 0 Å². The lowest BCUT2D eigenvalue weighted by atomic mass is 10.1. The lowest BCUT2D eigenvalue weighted by Gasteiger charge is -2.12. The number of amides is 1. The normalized spacial score (nSPS) is 10.2. The Morgan fingerprint density at radius 2 is 2.00 bits per heavy atom. The predicted molar refractivity (Wildman–Crippen MR) is 88.0 cm³/mol. The highest BCUT2D eigenvalue weighted by atomic mass is 35.5. The Labute approximate surface area is 130 Å². The van der Waals surface area contributed by atoms with Gasteiger partial charge in [-0.1, -0.05) is 29.8 Å². The molecule has 0 aromatic heterocycles. The SMILES string of the molecule is CCNc1cc(C)ccc1C(=O)NCc1cccc(Cl)c1. The highest BCUT2D eigenvalue weighted by molar-refractivity contribution is 6.30. The number of hydrogen-bond donors (Lipinski definition) is 2. The van der Waals surface area contributed by atoms with E-state index in [2.05, 4.69) is 10.6 Å². The van der Waals surface area contributed by atoms with Crippen molar-refractivity contribution in [3.8, 4) is 0 Å². The van der Waals surface area contributed by atoms with Gasteiger partial charge in [0.15, 0.2) is 0 Å². The maximum atomic E-state index is 12.3. The van der Waals surface area contributed by atoms with Gasteiger partial charge in [0.1, 0.15) is 0 Å². The summed E-state index contributed by atoms with van der Waals surface area (Å²) in [6.45, 7) is 5.25. The van der Waals surface area contributed by atoms with Crippen LogP contribution in [0.25, 0.3) is 0 Å². The van der Waals surface area contributed by atoms with Crippen LogP contribution in [0.1, 0.15) is 28.4 Å². The van der Waals surface area contributed by atoms with E-state index in [1.54, 1.807) is 0 Å². The fourth-order valence-electron chi connectivity index (χ4n) is 2.12. The molecule has 0 heterocycles. The van der Waals surface area contributed by atoms with E-state index in [4.69, 9.17) is 11.6 Å². The minimum atomic E-state index is -0.0917. The van der Waals surface area contributed by atoms with Crippen LogP contribution in [0.5, 0.6) is 0 Å². The van der Waals surface area contributed by atoms with Gasteiger partial charge in [0, 0.05) is 23.8 Å². The van der Waals surface area contributed by atoms with Gasteiger partial charge < -0.3 is 10.6 Å². The Balaban J connectivity index is 2.09. The number of hydrogen-bond acceptors (Lipinski definition) is 2. The van der Waals surface area contributed by atoms with Crippen molar-refractivity contribution in [1.82, 2.24) is 5.32 Å². The molecule has 0 radical (unpaired) electrons. The second-order valence-corrected chi connectivity index (χ2v) is 5.33. The molecular formula is C17H19ClN2O. The number of halogens is 1. The van der Waals surface area contributed by atoms with Crippen molar-refractivity contribution in [2.24, 2.45) is 0 Å². The number of nitrogens with one attached hydrogen (secondary N) is 2. The largest absolute Gasteiger partial charge is 0.385 e. The van der Waals surface area contributed by atoms with Gasteiger partial charge in [0.2, 0.25) is 0 Å². The molecule has 0 saturated heterocycles. The van der Waals surface area contributed by atoms with Crippen LogP contribution in [-0.4, -0.2) is 12.5 Å². The number of anilines is 1. The fourth-order valence-corrected chi connectivity index (χ4v) is 2.33. The van der Waals surface area contributed by atoms with Crippen molar-refractivity contribution in [1.29, 1.82) is 0 Å². The summed E-state index contributed by atoms with van der Waals surface area (Å²) in [5.74, 6) is -0.0917. The van der Waals surface area contributed by atoms with Crippen molar-refractivity contribution in [2.45, 2.75) is 20.4 Å². The van der Waals surface area contributed by atoms with Crippen molar-refractivity contribution >= 4 is 23.2 Å². The zero-order chi connectivity index (χ0) is 15.2. The first-order valence-corrected chi connectivity index (χ1v) is 7.35. The van der Waals surface area contributed by atoms with Gasteiger partial charge in [-0.05, 0) is 49.2 Å². The maximum Gasteiger partial charge on any atom is 0.253 e. The molecule has 0 saturated carbocycles. The third-order valence-corrected chi connectivity index (χ3v) is 3.36. The molecule has 0 aliphatic heterocycles. The van der Waals surface area contributed by atoms with Gasteiger partial charge in [-0.25, -0.2) is 0 Å². The van der Waals surface area contributed by atoms with Crippen molar-refractivity contribution in [3.05, 3.63) is 64.2 Å². The molecule has 3 nitrogen and oxygen atoms in total. The first-order valence-electron chi connectivity index (χ1n) is 6.97. The molecule has 110 valence electrons. The number of carbonyl (C=O) groups excluding carboxylic acids is 1. The molecule has 4 heteroatoms. The number of rotatable bonds is 5. The number of benzene rings is 2. The highest BCUT2D eigenvalue weighted by Gasteiger charge is 2.11. The van der Waals surface area contributed by atoms with E-state index in [0.29, 0.717) is 17.1 Å². The Hall–Kier alpha value is -2.00. The van der Waals surface area contributed by atoms with Gasteiger partial charge in [-0.15, -0.1) is 0 Å². The van der Waals surface area contributed by atoms with Crippen LogP contribution in [0.15, 0.2) is 42.5 Å². The lowest BCUT2D eigenvalue weighted by molar-refractivity contribution is 0.0951. The van der Waals surface area contributed by atoms with E-state index in [1.165, 1.54) is 0 Å². The second kappa shape index (κ2) is 7.14. The fraction of sp³-hybridized carbons (Fsp3) is 0.235. The van der Waals surface area contributed by atoms with Crippen molar-refractivity contribution < 1.29 is 4.79 Å². The van der Waals surface area contributed by atoms with Crippen LogP contribution in [0.3, 0.4) is 0 Å². The minimum Gasteiger partial charge on any atom is -0.385 e. The van der Waals surface area contributed by atoms with E-state index in [9.17, 15) is 4.79 Å². The standard InChI is InChI=1S/C17H19ClN2O/c1-3-19-16-9-12(2)7-8-15(16)17(21)20-11-13-5-4-6-14(18)10-13/h4-10,19H,3,11H2,1-2H3,(H,20,21). The van der Waals surface area contributed by atoms with Gasteiger partial charge in [0.25, 0.3) is 5.91 Å². The van der Waals surface area contributed by atoms with Crippen molar-refractivity contribution in [2.75, 3.05) is 11.9 Å². The van der Waals surface area contributed by atoms with Crippen LogP contribution >= 0.6 is 11.6 Å². The van der Waals surface area contributed by atoms with Crippen LogP contribution in [0.2, 0.25) is 5.02 Å². The monoisotopic (exact) mass is 302 g/mol. The summed E-state index contributed by atoms with van der Waals surface area (Å²) >= 11 is 5.94. The Kier molecular flexibility index (Phi) is 5.23. The Morgan fingerprint density at radius 1 is 1.19 bits per heavy atom. The molecule has 2 aromatic carbocycles. The summed E-state index contributed by atoms with van der Waals surface area (Å²) in [7, 11) is 0. The summed E-state index contributed by atoms with van der Waals surface area (Å²) in [5, 5.41) is 6.82. The molecule has 0 bridgehead atoms. The van der Waals surface area contributed by atoms with Gasteiger partial charge in [-0.2, -0.15) is 0 Å². The number of carbonyl (C=O) groups is 1. The van der Waals surface area contributed by atoms with Crippen LogP contribution < -0.4 is 10.6 Å². The van der Waals surface area contributed by atoms with Gasteiger partial charge >= 0.3 is 0 Å². The first kappa shape index (κ1) is 15.4. The third-order valence-electron chi connectivity index (χ3n) is 3.13. The molecule has 2 aromatic rings. The molecule has 2 rings (SSSR count). The Bertz CT molecular complexity index is 640. The summed E-state index contributed by atoms with van der Waals surface area (Å²) < 4.78 is 0. The average molecular weight is 303 g/mol. The zero-order valence-electron chi connectivity index (χ0n) is 12.2. The van der Waals surface area contributed by atoms with E-state index in [-0.39, 0.29) is 5.91 Å². The zero-order valence-corrected chi connectivity index (χ0v) is 13.0. The average Bonchev–Trinajstić information content (AvgIpc) is 2.45. The third kappa shape index (κ3) is 4.23. The van der Waals surface area contributed by atoms with Gasteiger partial charge in [-0.3, -0.25) is 4.79 Å². The molecule has 21 heavy (non-hydrogen) atoms. The topological polar surface area (TPSA) is 41.1 Å². The second-order valence-electron chi connectivity index (χ2n) is 4.89. The first-order chi connectivity index (χ1) is 10.1. The minimum absolute atomic E-state index is 0.0917. The molecular weight excluding hydrogens is 284 g/mol. The highest BCUT2D eigenvalue weighted by Crippen LogP contribution is 2.18. The number of aryl methyl sites for hydroxylation is 1. The van der Waals surface area contributed by atoms with Gasteiger partial charge in [0.05, 0.1) is 5.56 Å². The summed E-state index contributed by atoms with van der Waals surface area (Å²) in [6.07, 6.45) is 0. The molecule has 2 N–H and O–H groups in total. The smallest absolute Gasteiger partial charge is 0.253 e. The van der Waals surface area contributed by atoms with Crippen LogP contribution in [-0.2, 0) is 6.54 Å². The molecule has 0 aliphatic carbocycles. The molecule has 0 unspecified atom stereocenters. The van der Waals surface area contributed by atoms with E-state index in [1.807, 2.05) is 56.3 Å². The molecule has 0 spiro atoms. The predicted octanol–water partition coefficient (Wildman–Crippen LogP) is 4.01. The molecule has 0 aliphatic rings. The van der Waals surface area contributed by atoms with Crippen LogP contribution in [0.4, 0.5) is 5.69 Å². The van der Waals surface area contributed by atoms with Crippen molar-refractivity contribution in [3.63, 3.8) is 0 Å². The quantitative estimate of drug-likeness (QED) is 0.876. The summed E-state index contributed by atoms with van der Waals surface area (Å²) in [5.41, 5.74) is 3.62. The maximum absolute atomic E-state index is 12.3. The molecule has 1 amide bonds. The van der Waals surface area contributed by atoms with Crippen LogP contribution in [0, 0.1) is 6.92 Å². The van der Waals surface area contributed by atoms with E-state index >= 15 is 0 Å². The summed E-state index contributed by atoms with van der Waals surface area (Å²) in [6, 6.07) is 13.2. The molecule has 0 atom stereocenters. The lowest BCUT2D eigenvalue weighted by Crippen LogP contribution is -2.24. The Morgan fingerprint density at radius 3 is 2.71 bits per heavy atom. The van der Waals surface area contributed by atoms with E-state index in [0.717, 1.165) is 23.4 Å². The molecule has 0 fully saturated rings. The summed E-state index contributed by atoms with van der Waals surface area (Å²) in [4.78, 5) is 12.3.